The Kier molecular flexibility index (Phi) is 4.45. The van der Waals surface area contributed by atoms with Gasteiger partial charge < -0.3 is 15.1 Å². The van der Waals surface area contributed by atoms with Crippen LogP contribution in [0.15, 0.2) is 9.59 Å². The van der Waals surface area contributed by atoms with Crippen molar-refractivity contribution in [2.24, 2.45) is 0 Å². The van der Waals surface area contributed by atoms with Gasteiger partial charge >= 0.3 is 0 Å². The maximum absolute atomic E-state index is 12.1. The van der Waals surface area contributed by atoms with E-state index in [-0.39, 0.29) is 11.3 Å². The summed E-state index contributed by atoms with van der Waals surface area (Å²) in [5, 5.41) is 3.02. The summed E-state index contributed by atoms with van der Waals surface area (Å²) in [4.78, 5) is 39.4. The SMILES string of the molecule is O=C(CCNc1c(N2CCCC2)c(=O)c1=O)N1CCCCC1. The third-order valence-corrected chi connectivity index (χ3v) is 4.66. The zero-order valence-corrected chi connectivity index (χ0v) is 12.9. The number of likely N-dealkylation sites (tertiary alicyclic amines) is 1. The molecule has 22 heavy (non-hydrogen) atoms. The molecule has 0 unspecified atom stereocenters. The van der Waals surface area contributed by atoms with Gasteiger partial charge in [0.15, 0.2) is 0 Å². The summed E-state index contributed by atoms with van der Waals surface area (Å²) in [6.07, 6.45) is 5.85. The Bertz CT molecular complexity index is 606. The van der Waals surface area contributed by atoms with Gasteiger partial charge in [-0.1, -0.05) is 0 Å². The first kappa shape index (κ1) is 15.1. The molecule has 0 aliphatic carbocycles. The van der Waals surface area contributed by atoms with Gasteiger partial charge in [0, 0.05) is 39.1 Å². The van der Waals surface area contributed by atoms with Gasteiger partial charge in [-0.3, -0.25) is 14.4 Å². The van der Waals surface area contributed by atoms with Gasteiger partial charge in [-0.05, 0) is 32.1 Å². The van der Waals surface area contributed by atoms with E-state index >= 15 is 0 Å². The lowest BCUT2D eigenvalue weighted by molar-refractivity contribution is -0.131. The molecule has 2 heterocycles. The molecule has 0 bridgehead atoms. The predicted molar refractivity (Wildman–Crippen MR) is 86.3 cm³/mol. The first-order valence-electron chi connectivity index (χ1n) is 8.28. The normalized spacial score (nSPS) is 18.9. The molecule has 2 fully saturated rings. The van der Waals surface area contributed by atoms with E-state index in [1.165, 1.54) is 6.42 Å². The molecule has 3 rings (SSSR count). The smallest absolute Gasteiger partial charge is 0.253 e. The molecule has 1 amide bonds. The van der Waals surface area contributed by atoms with Crippen LogP contribution >= 0.6 is 0 Å². The summed E-state index contributed by atoms with van der Waals surface area (Å²) in [7, 11) is 0. The van der Waals surface area contributed by atoms with E-state index in [4.69, 9.17) is 0 Å². The number of carbonyl (C=O) groups is 1. The minimum absolute atomic E-state index is 0.133. The van der Waals surface area contributed by atoms with Gasteiger partial charge in [0.2, 0.25) is 5.91 Å². The number of rotatable bonds is 5. The first-order chi connectivity index (χ1) is 10.7. The van der Waals surface area contributed by atoms with Gasteiger partial charge in [0.1, 0.15) is 11.4 Å². The molecule has 2 saturated heterocycles. The number of piperidine rings is 1. The topological polar surface area (TPSA) is 69.7 Å². The molecular formula is C16H23N3O3. The number of hydrogen-bond acceptors (Lipinski definition) is 5. The first-order valence-corrected chi connectivity index (χ1v) is 8.28. The Balaban J connectivity index is 1.53. The quantitative estimate of drug-likeness (QED) is 0.811. The van der Waals surface area contributed by atoms with Crippen LogP contribution in [0.25, 0.3) is 0 Å². The third-order valence-electron chi connectivity index (χ3n) is 4.66. The lowest BCUT2D eigenvalue weighted by Gasteiger charge is -2.27. The van der Waals surface area contributed by atoms with E-state index in [1.54, 1.807) is 0 Å². The minimum atomic E-state index is -0.438. The Morgan fingerprint density at radius 2 is 1.55 bits per heavy atom. The maximum atomic E-state index is 12.1. The monoisotopic (exact) mass is 305 g/mol. The van der Waals surface area contributed by atoms with E-state index in [0.717, 1.165) is 51.9 Å². The van der Waals surface area contributed by atoms with E-state index in [0.29, 0.717) is 24.3 Å². The second-order valence-corrected chi connectivity index (χ2v) is 6.19. The van der Waals surface area contributed by atoms with Gasteiger partial charge in [0.25, 0.3) is 10.9 Å². The van der Waals surface area contributed by atoms with Gasteiger partial charge in [0.05, 0.1) is 0 Å². The van der Waals surface area contributed by atoms with Crippen LogP contribution in [0, 0.1) is 0 Å². The summed E-state index contributed by atoms with van der Waals surface area (Å²) in [5.41, 5.74) is 0.130. The maximum Gasteiger partial charge on any atom is 0.253 e. The van der Waals surface area contributed by atoms with Crippen molar-refractivity contribution in [1.29, 1.82) is 0 Å². The number of hydrogen-bond donors (Lipinski definition) is 1. The lowest BCUT2D eigenvalue weighted by atomic mass is 10.1. The van der Waals surface area contributed by atoms with Crippen LogP contribution in [0.1, 0.15) is 38.5 Å². The van der Waals surface area contributed by atoms with Crippen molar-refractivity contribution >= 4 is 17.3 Å². The molecule has 6 heteroatoms. The van der Waals surface area contributed by atoms with Crippen molar-refractivity contribution < 1.29 is 4.79 Å². The van der Waals surface area contributed by atoms with Crippen molar-refractivity contribution in [2.75, 3.05) is 42.9 Å². The molecule has 1 N–H and O–H groups in total. The fraction of sp³-hybridized carbons (Fsp3) is 0.688. The highest BCUT2D eigenvalue weighted by atomic mass is 16.2. The highest BCUT2D eigenvalue weighted by Gasteiger charge is 2.27. The molecule has 6 nitrogen and oxygen atoms in total. The van der Waals surface area contributed by atoms with Crippen molar-refractivity contribution in [2.45, 2.75) is 38.5 Å². The minimum Gasteiger partial charge on any atom is -0.379 e. The van der Waals surface area contributed by atoms with Gasteiger partial charge in [-0.2, -0.15) is 0 Å². The standard InChI is InChI=1S/C16H23N3O3/c20-12(18-8-2-1-3-9-18)6-7-17-13-14(16(22)15(13)21)19-10-4-5-11-19/h17H,1-11H2. The average Bonchev–Trinajstić information content (AvgIpc) is 3.07. The molecule has 0 atom stereocenters. The van der Waals surface area contributed by atoms with E-state index in [9.17, 15) is 14.4 Å². The van der Waals surface area contributed by atoms with Crippen molar-refractivity contribution in [3.05, 3.63) is 20.4 Å². The molecule has 1 aromatic rings. The second-order valence-electron chi connectivity index (χ2n) is 6.19. The zero-order valence-electron chi connectivity index (χ0n) is 12.9. The molecule has 0 aromatic heterocycles. The summed E-state index contributed by atoms with van der Waals surface area (Å²) < 4.78 is 0. The number of anilines is 2. The average molecular weight is 305 g/mol. The number of carbonyl (C=O) groups excluding carboxylic acids is 1. The highest BCUT2D eigenvalue weighted by Crippen LogP contribution is 2.24. The fourth-order valence-electron chi connectivity index (χ4n) is 3.38. The summed E-state index contributed by atoms with van der Waals surface area (Å²) in [6.45, 7) is 3.79. The van der Waals surface area contributed by atoms with Crippen LogP contribution in [-0.4, -0.2) is 43.5 Å². The predicted octanol–water partition coefficient (Wildman–Crippen LogP) is 0.697. The summed E-state index contributed by atoms with van der Waals surface area (Å²) in [6, 6.07) is 0. The Hall–Kier alpha value is -1.85. The molecule has 1 aromatic carbocycles. The number of nitrogens with zero attached hydrogens (tertiary/aromatic N) is 2. The molecule has 0 radical (unpaired) electrons. The van der Waals surface area contributed by atoms with E-state index in [2.05, 4.69) is 5.32 Å². The molecule has 2 aliphatic rings. The van der Waals surface area contributed by atoms with Crippen LogP contribution in [-0.2, 0) is 4.79 Å². The van der Waals surface area contributed by atoms with Crippen LogP contribution in [0.2, 0.25) is 0 Å². The lowest BCUT2D eigenvalue weighted by Crippen LogP contribution is -2.42. The van der Waals surface area contributed by atoms with Crippen LogP contribution in [0.4, 0.5) is 11.4 Å². The van der Waals surface area contributed by atoms with E-state index in [1.807, 2.05) is 9.80 Å². The fourth-order valence-corrected chi connectivity index (χ4v) is 3.38. The summed E-state index contributed by atoms with van der Waals surface area (Å²) >= 11 is 0. The Morgan fingerprint density at radius 1 is 0.909 bits per heavy atom. The molecule has 0 spiro atoms. The van der Waals surface area contributed by atoms with Crippen LogP contribution in [0.3, 0.4) is 0 Å². The van der Waals surface area contributed by atoms with E-state index < -0.39 is 5.43 Å². The molecule has 120 valence electrons. The van der Waals surface area contributed by atoms with Crippen LogP contribution in [0.5, 0.6) is 0 Å². The largest absolute Gasteiger partial charge is 0.379 e. The molecular weight excluding hydrogens is 282 g/mol. The zero-order chi connectivity index (χ0) is 15.5. The molecule has 2 aliphatic heterocycles. The van der Waals surface area contributed by atoms with Crippen LogP contribution < -0.4 is 21.1 Å². The van der Waals surface area contributed by atoms with Crippen molar-refractivity contribution in [3.63, 3.8) is 0 Å². The van der Waals surface area contributed by atoms with Crippen molar-refractivity contribution in [1.82, 2.24) is 4.90 Å². The van der Waals surface area contributed by atoms with Crippen molar-refractivity contribution in [3.8, 4) is 0 Å². The Morgan fingerprint density at radius 3 is 2.23 bits per heavy atom. The number of amides is 1. The van der Waals surface area contributed by atoms with Gasteiger partial charge in [-0.25, -0.2) is 0 Å². The Labute approximate surface area is 129 Å². The number of nitrogens with one attached hydrogen (secondary N) is 1. The second kappa shape index (κ2) is 6.50. The van der Waals surface area contributed by atoms with Gasteiger partial charge in [-0.15, -0.1) is 0 Å². The summed E-state index contributed by atoms with van der Waals surface area (Å²) in [5.74, 6) is 0.133. The highest BCUT2D eigenvalue weighted by molar-refractivity contribution is 5.78. The molecule has 0 saturated carbocycles. The third kappa shape index (κ3) is 2.87.